The monoisotopic (exact) mass is 477 g/mol. The van der Waals surface area contributed by atoms with Crippen LogP contribution in [0.15, 0.2) is 82.2 Å². The second-order valence-corrected chi connectivity index (χ2v) is 9.43. The average molecular weight is 478 g/mol. The first-order chi connectivity index (χ1) is 16.1. The highest BCUT2D eigenvalue weighted by Crippen LogP contribution is 2.36. The molecule has 0 radical (unpaired) electrons. The van der Waals surface area contributed by atoms with E-state index in [0.717, 1.165) is 53.2 Å². The number of anilines is 1. The van der Waals surface area contributed by atoms with E-state index in [1.165, 1.54) is 16.7 Å². The number of aryl methyl sites for hydroxylation is 1. The molecular weight excluding hydrogens is 453 g/mol. The van der Waals surface area contributed by atoms with Gasteiger partial charge >= 0.3 is 0 Å². The molecule has 1 atom stereocenters. The molecule has 5 nitrogen and oxygen atoms in total. The Balaban J connectivity index is 1.36. The Labute approximate surface area is 204 Å². The fraction of sp³-hybridized carbons (Fsp3) is 0.269. The van der Waals surface area contributed by atoms with Crippen molar-refractivity contribution in [2.45, 2.75) is 19.5 Å². The van der Waals surface area contributed by atoms with Gasteiger partial charge in [0, 0.05) is 31.2 Å². The summed E-state index contributed by atoms with van der Waals surface area (Å²) < 4.78 is 0. The first-order valence-corrected chi connectivity index (χ1v) is 11.9. The summed E-state index contributed by atoms with van der Waals surface area (Å²) in [6, 6.07) is 23.3. The fourth-order valence-electron chi connectivity index (χ4n) is 4.51. The smallest absolute Gasteiger partial charge is 0.107 e. The van der Waals surface area contributed by atoms with Crippen molar-refractivity contribution < 1.29 is 0 Å². The summed E-state index contributed by atoms with van der Waals surface area (Å²) in [6.45, 7) is 6.28. The van der Waals surface area contributed by atoms with Crippen molar-refractivity contribution in [1.29, 1.82) is 0 Å². The molecule has 2 aliphatic heterocycles. The third-order valence-electron chi connectivity index (χ3n) is 6.27. The van der Waals surface area contributed by atoms with Gasteiger partial charge in [-0.25, -0.2) is 0 Å². The van der Waals surface area contributed by atoms with Crippen molar-refractivity contribution >= 4 is 34.6 Å². The van der Waals surface area contributed by atoms with Crippen molar-refractivity contribution in [3.05, 3.63) is 99.0 Å². The molecule has 0 aliphatic carbocycles. The van der Waals surface area contributed by atoms with Gasteiger partial charge in [0.05, 0.1) is 22.5 Å². The van der Waals surface area contributed by atoms with Gasteiger partial charge in [-0.05, 0) is 58.7 Å². The highest BCUT2D eigenvalue weighted by molar-refractivity contribution is 6.33. The average Bonchev–Trinajstić information content (AvgIpc) is 3.36. The van der Waals surface area contributed by atoms with Crippen LogP contribution in [0, 0.1) is 6.92 Å². The van der Waals surface area contributed by atoms with E-state index in [9.17, 15) is 0 Å². The summed E-state index contributed by atoms with van der Waals surface area (Å²) in [6.07, 6.45) is 0. The van der Waals surface area contributed by atoms with Crippen LogP contribution < -0.4 is 4.90 Å². The molecule has 2 aliphatic rings. The lowest BCUT2D eigenvalue weighted by molar-refractivity contribution is 0.215. The van der Waals surface area contributed by atoms with Crippen LogP contribution in [-0.2, 0) is 6.54 Å². The Morgan fingerprint density at radius 3 is 2.42 bits per heavy atom. The zero-order valence-electron chi connectivity index (χ0n) is 18.5. The van der Waals surface area contributed by atoms with Crippen molar-refractivity contribution in [2.24, 2.45) is 15.4 Å². The van der Waals surface area contributed by atoms with Crippen LogP contribution in [-0.4, -0.2) is 36.8 Å². The summed E-state index contributed by atoms with van der Waals surface area (Å²) in [7, 11) is 0. The fourth-order valence-corrected chi connectivity index (χ4v) is 4.98. The molecule has 168 valence electrons. The van der Waals surface area contributed by atoms with Crippen LogP contribution in [0.4, 0.5) is 5.69 Å². The van der Waals surface area contributed by atoms with Crippen molar-refractivity contribution in [3.63, 3.8) is 0 Å². The zero-order chi connectivity index (χ0) is 22.8. The maximum Gasteiger partial charge on any atom is 0.107 e. The quantitative estimate of drug-likeness (QED) is 0.418. The second-order valence-electron chi connectivity index (χ2n) is 8.58. The third kappa shape index (κ3) is 4.96. The van der Waals surface area contributed by atoms with E-state index in [0.29, 0.717) is 6.54 Å². The molecule has 0 unspecified atom stereocenters. The van der Waals surface area contributed by atoms with E-state index in [1.807, 2.05) is 18.2 Å². The van der Waals surface area contributed by atoms with E-state index in [2.05, 4.69) is 80.7 Å². The normalized spacial score (nSPS) is 18.6. The van der Waals surface area contributed by atoms with Crippen LogP contribution in [0.2, 0.25) is 10.0 Å². The summed E-state index contributed by atoms with van der Waals surface area (Å²) in [4.78, 5) is 4.93. The van der Waals surface area contributed by atoms with Crippen molar-refractivity contribution in [2.75, 3.05) is 31.1 Å². The Morgan fingerprint density at radius 2 is 1.73 bits per heavy atom. The molecular formula is C26H25Cl2N5. The molecule has 3 aromatic rings. The number of nitrogens with zero attached hydrogens (tertiary/aromatic N) is 5. The highest BCUT2D eigenvalue weighted by atomic mass is 35.5. The predicted molar refractivity (Wildman–Crippen MR) is 136 cm³/mol. The molecule has 33 heavy (non-hydrogen) atoms. The number of hydrogen-bond donors (Lipinski definition) is 0. The molecule has 2 heterocycles. The minimum absolute atomic E-state index is 0.187. The van der Waals surface area contributed by atoms with E-state index in [-0.39, 0.29) is 6.04 Å². The summed E-state index contributed by atoms with van der Waals surface area (Å²) >= 11 is 12.9. The predicted octanol–water partition coefficient (Wildman–Crippen LogP) is 6.54. The Hall–Kier alpha value is -2.73. The molecule has 0 aromatic heterocycles. The minimum atomic E-state index is 0.187. The highest BCUT2D eigenvalue weighted by Gasteiger charge is 2.29. The Morgan fingerprint density at radius 1 is 0.939 bits per heavy atom. The molecule has 3 aromatic carbocycles. The van der Waals surface area contributed by atoms with Gasteiger partial charge in [-0.1, -0.05) is 65.7 Å². The van der Waals surface area contributed by atoms with Gasteiger partial charge < -0.3 is 4.90 Å². The van der Waals surface area contributed by atoms with Crippen LogP contribution in [0.25, 0.3) is 0 Å². The SMILES string of the molecule is Cc1ccc(N2CCN(Cc3ccc(C4=NN=NC4)cc3)C[C@H]2c2ccc(Cl)cc2)c(Cl)c1. The van der Waals surface area contributed by atoms with Gasteiger partial charge in [-0.3, -0.25) is 4.90 Å². The van der Waals surface area contributed by atoms with Gasteiger partial charge in [0.25, 0.3) is 0 Å². The van der Waals surface area contributed by atoms with E-state index in [1.54, 1.807) is 0 Å². The van der Waals surface area contributed by atoms with Gasteiger partial charge in [-0.15, -0.1) is 5.10 Å². The number of halogens is 2. The molecule has 0 saturated carbocycles. The lowest BCUT2D eigenvalue weighted by Crippen LogP contribution is -2.48. The molecule has 0 bridgehead atoms. The minimum Gasteiger partial charge on any atom is -0.361 e. The van der Waals surface area contributed by atoms with Crippen LogP contribution >= 0.6 is 23.2 Å². The lowest BCUT2D eigenvalue weighted by Gasteiger charge is -2.43. The van der Waals surface area contributed by atoms with Crippen LogP contribution in [0.5, 0.6) is 0 Å². The Bertz CT molecular complexity index is 1190. The maximum atomic E-state index is 6.68. The van der Waals surface area contributed by atoms with Crippen LogP contribution in [0.1, 0.15) is 28.3 Å². The number of hydrogen-bond acceptors (Lipinski definition) is 5. The van der Waals surface area contributed by atoms with Gasteiger partial charge in [0.15, 0.2) is 0 Å². The molecule has 0 amide bonds. The van der Waals surface area contributed by atoms with E-state index in [4.69, 9.17) is 23.2 Å². The number of piperazine rings is 1. The van der Waals surface area contributed by atoms with Crippen molar-refractivity contribution in [1.82, 2.24) is 4.90 Å². The lowest BCUT2D eigenvalue weighted by atomic mass is 10.00. The standard InChI is InChI=1S/C26H25Cl2N5/c1-18-2-11-25(23(28)14-18)33-13-12-32(17-26(33)21-7-9-22(27)10-8-21)16-19-3-5-20(6-4-19)24-15-29-31-30-24/h2-11,14,26H,12-13,15-17H2,1H3/t26-/m0/s1. The van der Waals surface area contributed by atoms with Crippen LogP contribution in [0.3, 0.4) is 0 Å². The summed E-state index contributed by atoms with van der Waals surface area (Å²) in [5.41, 5.74) is 6.78. The third-order valence-corrected chi connectivity index (χ3v) is 6.83. The molecule has 1 saturated heterocycles. The largest absolute Gasteiger partial charge is 0.361 e. The second kappa shape index (κ2) is 9.64. The van der Waals surface area contributed by atoms with Gasteiger partial charge in [-0.2, -0.15) is 5.11 Å². The molecule has 7 heteroatoms. The zero-order valence-corrected chi connectivity index (χ0v) is 20.0. The topological polar surface area (TPSA) is 43.6 Å². The van der Waals surface area contributed by atoms with Gasteiger partial charge in [0.2, 0.25) is 0 Å². The molecule has 5 rings (SSSR count). The maximum absolute atomic E-state index is 6.68. The first kappa shape index (κ1) is 22.1. The Kier molecular flexibility index (Phi) is 6.45. The molecule has 0 spiro atoms. The summed E-state index contributed by atoms with van der Waals surface area (Å²) in [5, 5.41) is 13.3. The molecule has 0 N–H and O–H groups in total. The molecule has 1 fully saturated rings. The van der Waals surface area contributed by atoms with Crippen molar-refractivity contribution in [3.8, 4) is 0 Å². The number of benzene rings is 3. The van der Waals surface area contributed by atoms with Gasteiger partial charge in [0.1, 0.15) is 6.54 Å². The van der Waals surface area contributed by atoms with E-state index < -0.39 is 0 Å². The number of rotatable bonds is 5. The first-order valence-electron chi connectivity index (χ1n) is 11.1. The summed E-state index contributed by atoms with van der Waals surface area (Å²) in [5.74, 6) is 0. The van der Waals surface area contributed by atoms with E-state index >= 15 is 0 Å².